The molecule has 1 amide bonds. The molecule has 0 unspecified atom stereocenters. The molecule has 0 aliphatic carbocycles. The zero-order chi connectivity index (χ0) is 12.7. The Morgan fingerprint density at radius 1 is 1.41 bits per heavy atom. The number of thiophene rings is 1. The zero-order valence-corrected chi connectivity index (χ0v) is 12.2. The topological polar surface area (TPSA) is 66.4 Å². The average Bonchev–Trinajstić information content (AvgIpc) is 2.63. The monoisotopic (exact) mass is 337 g/mol. The van der Waals surface area contributed by atoms with Gasteiger partial charge in [0.15, 0.2) is 0 Å². The standard InChI is InChI=1S/C10H12BrNO3S2/c11-8-2-1-7(17-8)3-4-12-9(13)5-16-6-10(14)15/h1-2H,3-6H2,(H,12,13)(H,14,15). The summed E-state index contributed by atoms with van der Waals surface area (Å²) >= 11 is 6.12. The van der Waals surface area contributed by atoms with Crippen LogP contribution in [-0.4, -0.2) is 35.0 Å². The summed E-state index contributed by atoms with van der Waals surface area (Å²) in [5.41, 5.74) is 0. The quantitative estimate of drug-likeness (QED) is 0.798. The molecule has 1 aromatic rings. The predicted octanol–water partition coefficient (Wildman–Crippen LogP) is 1.99. The van der Waals surface area contributed by atoms with E-state index in [9.17, 15) is 9.59 Å². The highest BCUT2D eigenvalue weighted by Gasteiger charge is 2.04. The Balaban J connectivity index is 2.10. The molecule has 0 spiro atoms. The van der Waals surface area contributed by atoms with E-state index in [1.807, 2.05) is 12.1 Å². The molecule has 0 bridgehead atoms. The number of amides is 1. The molecule has 0 fully saturated rings. The fraction of sp³-hybridized carbons (Fsp3) is 0.400. The smallest absolute Gasteiger partial charge is 0.313 e. The Bertz CT molecular complexity index is 395. The first-order chi connectivity index (χ1) is 8.08. The molecular formula is C10H12BrNO3S2. The third kappa shape index (κ3) is 6.70. The van der Waals surface area contributed by atoms with Gasteiger partial charge in [-0.05, 0) is 34.5 Å². The fourth-order valence-corrected chi connectivity index (χ4v) is 3.14. The van der Waals surface area contributed by atoms with E-state index in [-0.39, 0.29) is 17.4 Å². The second-order valence-corrected chi connectivity index (χ2v) is 6.73. The van der Waals surface area contributed by atoms with Crippen LogP contribution in [0.25, 0.3) is 0 Å². The van der Waals surface area contributed by atoms with Gasteiger partial charge in [0.2, 0.25) is 5.91 Å². The summed E-state index contributed by atoms with van der Waals surface area (Å²) in [6.45, 7) is 0.583. The number of carbonyl (C=O) groups is 2. The average molecular weight is 338 g/mol. The number of rotatable bonds is 7. The molecule has 0 aliphatic heterocycles. The van der Waals surface area contributed by atoms with E-state index in [1.54, 1.807) is 11.3 Å². The summed E-state index contributed by atoms with van der Waals surface area (Å²) in [6.07, 6.45) is 0.797. The van der Waals surface area contributed by atoms with E-state index >= 15 is 0 Å². The van der Waals surface area contributed by atoms with Crippen molar-refractivity contribution in [2.45, 2.75) is 6.42 Å². The van der Waals surface area contributed by atoms with Crippen LogP contribution in [0.3, 0.4) is 0 Å². The van der Waals surface area contributed by atoms with Crippen molar-refractivity contribution in [2.24, 2.45) is 0 Å². The van der Waals surface area contributed by atoms with Gasteiger partial charge in [0, 0.05) is 11.4 Å². The van der Waals surface area contributed by atoms with Crippen molar-refractivity contribution in [1.29, 1.82) is 0 Å². The largest absolute Gasteiger partial charge is 0.481 e. The first-order valence-electron chi connectivity index (χ1n) is 4.88. The van der Waals surface area contributed by atoms with E-state index in [1.165, 1.54) is 4.88 Å². The van der Waals surface area contributed by atoms with Gasteiger partial charge in [-0.25, -0.2) is 0 Å². The lowest BCUT2D eigenvalue weighted by Crippen LogP contribution is -2.27. The number of aliphatic carboxylic acids is 1. The number of nitrogens with one attached hydrogen (secondary N) is 1. The summed E-state index contributed by atoms with van der Waals surface area (Å²) in [4.78, 5) is 22.7. The number of hydrogen-bond donors (Lipinski definition) is 2. The Kier molecular flexibility index (Phi) is 6.61. The number of carbonyl (C=O) groups excluding carboxylic acids is 1. The van der Waals surface area contributed by atoms with Crippen LogP contribution < -0.4 is 5.32 Å². The van der Waals surface area contributed by atoms with Gasteiger partial charge in [0.05, 0.1) is 15.3 Å². The third-order valence-electron chi connectivity index (χ3n) is 1.78. The van der Waals surface area contributed by atoms with Gasteiger partial charge in [0.1, 0.15) is 0 Å². The van der Waals surface area contributed by atoms with Gasteiger partial charge < -0.3 is 10.4 Å². The lowest BCUT2D eigenvalue weighted by molar-refractivity contribution is -0.133. The summed E-state index contributed by atoms with van der Waals surface area (Å²) < 4.78 is 1.08. The first kappa shape index (κ1) is 14.5. The van der Waals surface area contributed by atoms with Crippen LogP contribution in [0.15, 0.2) is 15.9 Å². The summed E-state index contributed by atoms with van der Waals surface area (Å²) in [5.74, 6) is -0.857. The number of carboxylic acid groups (broad SMARTS) is 1. The summed E-state index contributed by atoms with van der Waals surface area (Å²) in [5, 5.41) is 11.2. The van der Waals surface area contributed by atoms with Gasteiger partial charge in [-0.1, -0.05) is 0 Å². The van der Waals surface area contributed by atoms with Crippen molar-refractivity contribution in [1.82, 2.24) is 5.32 Å². The van der Waals surface area contributed by atoms with E-state index in [0.29, 0.717) is 6.54 Å². The van der Waals surface area contributed by atoms with Crippen LogP contribution in [0.4, 0.5) is 0 Å². The molecule has 7 heteroatoms. The van der Waals surface area contributed by atoms with Gasteiger partial charge in [-0.3, -0.25) is 9.59 Å². The molecular weight excluding hydrogens is 326 g/mol. The van der Waals surface area contributed by atoms with Crippen LogP contribution in [0.2, 0.25) is 0 Å². The molecule has 1 rings (SSSR count). The maximum atomic E-state index is 11.3. The number of carboxylic acids is 1. The fourth-order valence-electron chi connectivity index (χ4n) is 1.09. The molecule has 0 aliphatic rings. The van der Waals surface area contributed by atoms with Crippen LogP contribution in [0.1, 0.15) is 4.88 Å². The molecule has 1 aromatic heterocycles. The second kappa shape index (κ2) is 7.73. The van der Waals surface area contributed by atoms with Gasteiger partial charge >= 0.3 is 5.97 Å². The van der Waals surface area contributed by atoms with Crippen LogP contribution in [0, 0.1) is 0 Å². The van der Waals surface area contributed by atoms with E-state index in [2.05, 4.69) is 21.2 Å². The van der Waals surface area contributed by atoms with Crippen molar-refractivity contribution < 1.29 is 14.7 Å². The number of hydrogen-bond acceptors (Lipinski definition) is 4. The minimum absolute atomic E-state index is 0.0364. The van der Waals surface area contributed by atoms with Crippen molar-refractivity contribution in [3.8, 4) is 0 Å². The lowest BCUT2D eigenvalue weighted by Gasteiger charge is -2.02. The molecule has 0 atom stereocenters. The van der Waals surface area contributed by atoms with E-state index < -0.39 is 5.97 Å². The van der Waals surface area contributed by atoms with Crippen LogP contribution >= 0.6 is 39.0 Å². The van der Waals surface area contributed by atoms with Crippen molar-refractivity contribution in [3.05, 3.63) is 20.8 Å². The van der Waals surface area contributed by atoms with Gasteiger partial charge in [-0.2, -0.15) is 0 Å². The third-order valence-corrected chi connectivity index (χ3v) is 4.38. The number of halogens is 1. The summed E-state index contributed by atoms with van der Waals surface area (Å²) in [7, 11) is 0. The van der Waals surface area contributed by atoms with Gasteiger partial charge in [-0.15, -0.1) is 23.1 Å². The Labute approximate surface area is 116 Å². The highest BCUT2D eigenvalue weighted by atomic mass is 79.9. The zero-order valence-electron chi connectivity index (χ0n) is 8.94. The first-order valence-corrected chi connectivity index (χ1v) is 7.65. The molecule has 94 valence electrons. The van der Waals surface area contributed by atoms with E-state index in [0.717, 1.165) is 22.0 Å². The van der Waals surface area contributed by atoms with Crippen LogP contribution in [0.5, 0.6) is 0 Å². The van der Waals surface area contributed by atoms with Gasteiger partial charge in [0.25, 0.3) is 0 Å². The second-order valence-electron chi connectivity index (χ2n) is 3.19. The van der Waals surface area contributed by atoms with Crippen molar-refractivity contribution >= 4 is 50.9 Å². The highest BCUT2D eigenvalue weighted by Crippen LogP contribution is 2.21. The molecule has 0 saturated heterocycles. The van der Waals surface area contributed by atoms with E-state index in [4.69, 9.17) is 5.11 Å². The molecule has 4 nitrogen and oxygen atoms in total. The highest BCUT2D eigenvalue weighted by molar-refractivity contribution is 9.11. The Morgan fingerprint density at radius 2 is 2.18 bits per heavy atom. The lowest BCUT2D eigenvalue weighted by atomic mass is 10.3. The Hall–Kier alpha value is -0.530. The Morgan fingerprint density at radius 3 is 2.76 bits per heavy atom. The molecule has 17 heavy (non-hydrogen) atoms. The molecule has 0 aromatic carbocycles. The molecule has 1 heterocycles. The minimum Gasteiger partial charge on any atom is -0.481 e. The van der Waals surface area contributed by atoms with Crippen LogP contribution in [-0.2, 0) is 16.0 Å². The molecule has 0 radical (unpaired) electrons. The molecule has 2 N–H and O–H groups in total. The molecule has 0 saturated carbocycles. The normalized spacial score (nSPS) is 10.2. The number of thioether (sulfide) groups is 1. The minimum atomic E-state index is -0.897. The maximum absolute atomic E-state index is 11.3. The van der Waals surface area contributed by atoms with Crippen molar-refractivity contribution in [2.75, 3.05) is 18.1 Å². The predicted molar refractivity (Wildman–Crippen MR) is 73.7 cm³/mol. The SMILES string of the molecule is O=C(O)CSCC(=O)NCCc1ccc(Br)s1. The maximum Gasteiger partial charge on any atom is 0.313 e. The summed E-state index contributed by atoms with van der Waals surface area (Å²) in [6, 6.07) is 3.99. The van der Waals surface area contributed by atoms with Crippen molar-refractivity contribution in [3.63, 3.8) is 0 Å².